The highest BCUT2D eigenvalue weighted by molar-refractivity contribution is 6.06. The topological polar surface area (TPSA) is 167 Å². The maximum absolute atomic E-state index is 13.9. The zero-order valence-electron chi connectivity index (χ0n) is 26.3. The Balaban J connectivity index is 1.52. The average molecular weight is 634 g/mol. The van der Waals surface area contributed by atoms with Gasteiger partial charge in [-0.2, -0.15) is 0 Å². The summed E-state index contributed by atoms with van der Waals surface area (Å²) in [6, 6.07) is 13.1. The molecule has 2 aliphatic heterocycles. The lowest BCUT2D eigenvalue weighted by atomic mass is 10.0. The number of nitrogens with zero attached hydrogens (tertiary/aromatic N) is 3. The summed E-state index contributed by atoms with van der Waals surface area (Å²) in [4.78, 5) is 93.2. The van der Waals surface area contributed by atoms with E-state index in [1.165, 1.54) is 11.8 Å². The Hall–Kier alpha value is -4.94. The van der Waals surface area contributed by atoms with E-state index < -0.39 is 59.6 Å². The van der Waals surface area contributed by atoms with Gasteiger partial charge in [-0.05, 0) is 54.8 Å². The summed E-state index contributed by atoms with van der Waals surface area (Å²) < 4.78 is 0. The first kappa shape index (κ1) is 33.9. The molecule has 13 nitrogen and oxygen atoms in total. The third kappa shape index (κ3) is 8.01. The molecular formula is C33H41N6O7+. The largest absolute Gasteiger partial charge is 0.342 e. The van der Waals surface area contributed by atoms with E-state index in [1.807, 2.05) is 19.9 Å². The Labute approximate surface area is 267 Å². The molecule has 244 valence electrons. The van der Waals surface area contributed by atoms with Crippen molar-refractivity contribution in [2.75, 3.05) is 11.6 Å². The number of anilines is 1. The van der Waals surface area contributed by atoms with Gasteiger partial charge in [0.2, 0.25) is 29.5 Å². The molecule has 0 spiro atoms. The fraction of sp³-hybridized carbons (Fsp3) is 0.455. The number of carbonyl (C=O) groups excluding carboxylic acids is 6. The van der Waals surface area contributed by atoms with E-state index in [1.54, 1.807) is 59.9 Å². The van der Waals surface area contributed by atoms with Crippen LogP contribution in [0, 0.1) is 10.8 Å². The molecule has 2 aromatic carbocycles. The quantitative estimate of drug-likeness (QED) is 0.214. The van der Waals surface area contributed by atoms with Crippen molar-refractivity contribution in [1.82, 2.24) is 20.4 Å². The van der Waals surface area contributed by atoms with E-state index >= 15 is 0 Å². The first-order valence-corrected chi connectivity index (χ1v) is 15.6. The zero-order chi connectivity index (χ0) is 33.4. The van der Waals surface area contributed by atoms with Crippen molar-refractivity contribution in [3.8, 4) is 0 Å². The van der Waals surface area contributed by atoms with Crippen LogP contribution in [-0.2, 0) is 35.2 Å². The predicted octanol–water partition coefficient (Wildman–Crippen LogP) is 0.569. The zero-order valence-corrected chi connectivity index (χ0v) is 26.3. The predicted molar refractivity (Wildman–Crippen MR) is 167 cm³/mol. The lowest BCUT2D eigenvalue weighted by Gasteiger charge is -2.31. The van der Waals surface area contributed by atoms with Crippen molar-refractivity contribution >= 4 is 41.1 Å². The van der Waals surface area contributed by atoms with Gasteiger partial charge in [-0.15, -0.1) is 0 Å². The van der Waals surface area contributed by atoms with Gasteiger partial charge in [-0.25, -0.2) is 0 Å². The molecule has 2 fully saturated rings. The van der Waals surface area contributed by atoms with E-state index in [0.717, 1.165) is 15.5 Å². The van der Waals surface area contributed by atoms with E-state index in [0.29, 0.717) is 18.5 Å². The van der Waals surface area contributed by atoms with Gasteiger partial charge < -0.3 is 15.5 Å². The third-order valence-corrected chi connectivity index (χ3v) is 8.24. The summed E-state index contributed by atoms with van der Waals surface area (Å²) in [6.45, 7) is 5.48. The molecule has 0 unspecified atom stereocenters. The number of nitroso groups, excluding NO2 is 1. The molecule has 3 N–H and O–H groups in total. The van der Waals surface area contributed by atoms with Crippen LogP contribution in [0.5, 0.6) is 0 Å². The van der Waals surface area contributed by atoms with Crippen LogP contribution in [0.3, 0.4) is 0 Å². The molecule has 2 heterocycles. The monoisotopic (exact) mass is 633 g/mol. The molecule has 0 saturated carbocycles. The Bertz CT molecular complexity index is 1430. The summed E-state index contributed by atoms with van der Waals surface area (Å²) in [5.74, 6) is -3.23. The van der Waals surface area contributed by atoms with Crippen LogP contribution in [0.1, 0.15) is 58.4 Å². The molecule has 0 bridgehead atoms. The van der Waals surface area contributed by atoms with Crippen molar-refractivity contribution in [1.29, 1.82) is 0 Å². The maximum Gasteiger partial charge on any atom is 0.310 e. The maximum atomic E-state index is 13.9. The second-order valence-electron chi connectivity index (χ2n) is 12.1. The van der Waals surface area contributed by atoms with Gasteiger partial charge in [0.15, 0.2) is 0 Å². The van der Waals surface area contributed by atoms with Gasteiger partial charge in [0.25, 0.3) is 0 Å². The minimum atomic E-state index is -1.14. The summed E-state index contributed by atoms with van der Waals surface area (Å²) >= 11 is 0. The summed E-state index contributed by atoms with van der Waals surface area (Å²) in [7, 11) is 0. The van der Waals surface area contributed by atoms with Crippen LogP contribution in [0.4, 0.5) is 5.69 Å². The fourth-order valence-corrected chi connectivity index (χ4v) is 5.91. The summed E-state index contributed by atoms with van der Waals surface area (Å²) in [5.41, 5.74) is 1.05. The molecule has 46 heavy (non-hydrogen) atoms. The SMILES string of the molecule is CC(C)C[C@H](NC(=O)[C@H](C)N1C(=O)CCC1=O)C(=O)N1CCC[C@H]1C(=O)N[C@@H](Cc1ccccc1)C(=O)N([NH+]=O)c1ccccc1. The van der Waals surface area contributed by atoms with Crippen LogP contribution < -0.4 is 20.9 Å². The summed E-state index contributed by atoms with van der Waals surface area (Å²) in [6.07, 6.45) is 1.29. The Kier molecular flexibility index (Phi) is 11.3. The number of hydrogen-bond acceptors (Lipinski definition) is 7. The number of rotatable bonds is 13. The highest BCUT2D eigenvalue weighted by atomic mass is 16.3. The molecule has 4 rings (SSSR count). The number of hydrogen-bond donors (Lipinski definition) is 3. The van der Waals surface area contributed by atoms with Gasteiger partial charge in [-0.1, -0.05) is 62.4 Å². The molecule has 6 amide bonds. The summed E-state index contributed by atoms with van der Waals surface area (Å²) in [5, 5.41) is 8.02. The van der Waals surface area contributed by atoms with Crippen LogP contribution >= 0.6 is 0 Å². The fourth-order valence-electron chi connectivity index (χ4n) is 5.91. The first-order chi connectivity index (χ1) is 22.0. The molecule has 4 atom stereocenters. The minimum absolute atomic E-state index is 0.00841. The van der Waals surface area contributed by atoms with Crippen LogP contribution in [0.2, 0.25) is 0 Å². The van der Waals surface area contributed by atoms with Crippen molar-refractivity contribution in [3.05, 3.63) is 71.1 Å². The van der Waals surface area contributed by atoms with E-state index in [4.69, 9.17) is 0 Å². The van der Waals surface area contributed by atoms with Gasteiger partial charge in [-0.3, -0.25) is 33.7 Å². The number of imide groups is 1. The standard InChI is InChI=1S/C33H40N6O7/c1-21(2)19-25(34-30(42)22(3)38-28(40)16-17-29(38)41)32(44)37-18-10-15-27(37)31(43)35-26(20-23-11-6-4-7-12-23)33(45)39(36-46)24-13-8-5-9-14-24/h4-9,11-14,21-22,25-27H,10,15-20H2,1-3H3,(H,34,42)(H,35,43)/p+1/t22-,25-,26-,27-/m0/s1. The number of nitrogens with one attached hydrogen (secondary N) is 3. The number of amides is 6. The molecule has 2 saturated heterocycles. The van der Waals surface area contributed by atoms with Crippen LogP contribution in [0.15, 0.2) is 60.7 Å². The van der Waals surface area contributed by atoms with Crippen LogP contribution in [-0.4, -0.2) is 76.0 Å². The molecule has 13 heteroatoms. The van der Waals surface area contributed by atoms with Crippen molar-refractivity contribution in [2.45, 2.75) is 83.5 Å². The lowest BCUT2D eigenvalue weighted by Crippen LogP contribution is -2.82. The number of likely N-dealkylation sites (tertiary alicyclic amines) is 2. The minimum Gasteiger partial charge on any atom is -0.342 e. The second-order valence-corrected chi connectivity index (χ2v) is 12.1. The van der Waals surface area contributed by atoms with Gasteiger partial charge in [0.1, 0.15) is 35.1 Å². The van der Waals surface area contributed by atoms with Gasteiger partial charge >= 0.3 is 5.91 Å². The van der Waals surface area contributed by atoms with E-state index in [-0.39, 0.29) is 38.1 Å². The highest BCUT2D eigenvalue weighted by Crippen LogP contribution is 2.22. The second kappa shape index (κ2) is 15.4. The molecule has 0 radical (unpaired) electrons. The van der Waals surface area contributed by atoms with Crippen molar-refractivity contribution in [3.63, 3.8) is 0 Å². The molecule has 0 aliphatic carbocycles. The van der Waals surface area contributed by atoms with E-state index in [2.05, 4.69) is 10.6 Å². The van der Waals surface area contributed by atoms with Crippen molar-refractivity contribution in [2.24, 2.45) is 5.92 Å². The number of para-hydroxylation sites is 1. The molecular weight excluding hydrogens is 592 g/mol. The number of hydrazine groups is 1. The first-order valence-electron chi connectivity index (χ1n) is 15.6. The smallest absolute Gasteiger partial charge is 0.310 e. The Morgan fingerprint density at radius 1 is 0.891 bits per heavy atom. The molecule has 0 aromatic heterocycles. The van der Waals surface area contributed by atoms with E-state index in [9.17, 15) is 33.7 Å². The molecule has 2 aliphatic rings. The average Bonchev–Trinajstić information content (AvgIpc) is 3.67. The molecule has 2 aromatic rings. The number of carbonyl (C=O) groups is 6. The normalized spacial score (nSPS) is 18.2. The third-order valence-electron chi connectivity index (χ3n) is 8.24. The Morgan fingerprint density at radius 3 is 2.09 bits per heavy atom. The highest BCUT2D eigenvalue weighted by Gasteiger charge is 2.42. The Morgan fingerprint density at radius 2 is 1.50 bits per heavy atom. The van der Waals surface area contributed by atoms with Gasteiger partial charge in [0.05, 0.1) is 0 Å². The van der Waals surface area contributed by atoms with Crippen LogP contribution in [0.25, 0.3) is 0 Å². The van der Waals surface area contributed by atoms with Crippen molar-refractivity contribution < 1.29 is 34.1 Å². The number of benzene rings is 2. The lowest BCUT2D eigenvalue weighted by molar-refractivity contribution is -0.484. The van der Waals surface area contributed by atoms with Gasteiger partial charge in [0, 0.05) is 30.7 Å².